The van der Waals surface area contributed by atoms with Crippen molar-refractivity contribution in [1.29, 1.82) is 0 Å². The monoisotopic (exact) mass is 361 g/mol. The Labute approximate surface area is 141 Å². The van der Waals surface area contributed by atoms with Gasteiger partial charge in [0.15, 0.2) is 0 Å². The first-order chi connectivity index (χ1) is 9.77. The molecule has 11 heteroatoms. The molecule has 6 N–H and O–H groups in total. The number of nitrogens with zero attached hydrogens (tertiary/aromatic N) is 6. The summed E-state index contributed by atoms with van der Waals surface area (Å²) in [6.45, 7) is 0. The summed E-state index contributed by atoms with van der Waals surface area (Å²) in [6.07, 6.45) is 3.54. The maximum absolute atomic E-state index is 9.75. The number of carbonyl (C=O) groups excluding carboxylic acids is 1. The Bertz CT molecular complexity index is 616. The first-order valence-corrected chi connectivity index (χ1v) is 5.50. The summed E-state index contributed by atoms with van der Waals surface area (Å²) in [6, 6.07) is 11.6. The van der Waals surface area contributed by atoms with Crippen molar-refractivity contribution >= 4 is 5.97 Å². The van der Waals surface area contributed by atoms with Crippen molar-refractivity contribution in [3.63, 3.8) is 0 Å². The Morgan fingerprint density at radius 2 is 1.48 bits per heavy atom. The van der Waals surface area contributed by atoms with Gasteiger partial charge in [-0.05, 0) is 24.3 Å². The van der Waals surface area contributed by atoms with Gasteiger partial charge in [-0.3, -0.25) is 20.4 Å². The molecular formula is C12H14MnN6O4+2. The molecule has 0 aliphatic rings. The molecule has 1 radical (unpaired) electrons. The van der Waals surface area contributed by atoms with E-state index in [2.05, 4.69) is 30.6 Å². The molecule has 121 valence electrons. The molecule has 10 nitrogen and oxygen atoms in total. The fraction of sp³-hybridized carbons (Fsp3) is 0. The number of hydrogen-bond acceptors (Lipinski definition) is 7. The number of pyridine rings is 2. The number of carbonyl (C=O) groups is 1. The van der Waals surface area contributed by atoms with E-state index < -0.39 is 11.8 Å². The number of tetrazole rings is 1. The van der Waals surface area contributed by atoms with Gasteiger partial charge in [0.05, 0.1) is 23.2 Å². The largest absolute Gasteiger partial charge is 2.00 e. The minimum absolute atomic E-state index is 0. The van der Waals surface area contributed by atoms with Gasteiger partial charge >= 0.3 is 17.1 Å². The van der Waals surface area contributed by atoms with Crippen LogP contribution in [0.1, 0.15) is 10.6 Å². The first kappa shape index (κ1) is 22.6. The number of aromatic nitrogens is 6. The normalized spacial score (nSPS) is 8.17. The molecule has 0 aromatic carbocycles. The van der Waals surface area contributed by atoms with Gasteiger partial charge in [0.1, 0.15) is 0 Å². The average molecular weight is 361 g/mol. The van der Waals surface area contributed by atoms with Gasteiger partial charge in [-0.2, -0.15) is 0 Å². The van der Waals surface area contributed by atoms with E-state index in [9.17, 15) is 9.90 Å². The summed E-state index contributed by atoms with van der Waals surface area (Å²) in [5.74, 6) is -1.94. The molecule has 3 aromatic rings. The van der Waals surface area contributed by atoms with Gasteiger partial charge in [-0.25, -0.2) is 5.10 Å². The van der Waals surface area contributed by atoms with E-state index in [0.29, 0.717) is 0 Å². The Kier molecular flexibility index (Phi) is 11.7. The molecule has 0 saturated carbocycles. The van der Waals surface area contributed by atoms with Crippen molar-refractivity contribution in [2.75, 3.05) is 0 Å². The Hall–Kier alpha value is -2.72. The van der Waals surface area contributed by atoms with Gasteiger partial charge in [-0.1, -0.05) is 12.1 Å². The van der Waals surface area contributed by atoms with Crippen LogP contribution < -0.4 is 10.3 Å². The van der Waals surface area contributed by atoms with Crippen LogP contribution >= 0.6 is 0 Å². The number of aromatic carboxylic acids is 1. The van der Waals surface area contributed by atoms with E-state index in [1.54, 1.807) is 12.4 Å². The predicted octanol–water partition coefficient (Wildman–Crippen LogP) is -2.51. The summed E-state index contributed by atoms with van der Waals surface area (Å²) >= 11 is 0. The second kappa shape index (κ2) is 11.9. The second-order valence-electron chi connectivity index (χ2n) is 3.42. The minimum atomic E-state index is -1.46. The van der Waals surface area contributed by atoms with Crippen LogP contribution in [0.3, 0.4) is 0 Å². The molecule has 3 rings (SSSR count). The molecule has 0 fully saturated rings. The van der Waals surface area contributed by atoms with Crippen LogP contribution in [0, 0.1) is 0 Å². The first-order valence-electron chi connectivity index (χ1n) is 5.50. The van der Waals surface area contributed by atoms with Crippen LogP contribution in [0.25, 0.3) is 11.4 Å². The molecule has 0 bridgehead atoms. The van der Waals surface area contributed by atoms with E-state index in [1.807, 2.05) is 36.4 Å². The van der Waals surface area contributed by atoms with Crippen LogP contribution in [0.5, 0.6) is 0 Å². The second-order valence-corrected chi connectivity index (χ2v) is 3.42. The van der Waals surface area contributed by atoms with Crippen molar-refractivity contribution in [1.82, 2.24) is 30.6 Å². The zero-order chi connectivity index (χ0) is 14.2. The zero-order valence-electron chi connectivity index (χ0n) is 11.7. The van der Waals surface area contributed by atoms with E-state index in [1.165, 1.54) is 0 Å². The predicted molar refractivity (Wildman–Crippen MR) is 74.7 cm³/mol. The van der Waals surface area contributed by atoms with Crippen molar-refractivity contribution < 1.29 is 37.9 Å². The van der Waals surface area contributed by atoms with E-state index in [0.717, 1.165) is 11.4 Å². The molecule has 0 aliphatic heterocycles. The van der Waals surface area contributed by atoms with Gasteiger partial charge < -0.3 is 26.0 Å². The number of carboxylic acid groups (broad SMARTS) is 1. The number of hydrogen-bond donors (Lipinski definition) is 0. The molecule has 3 heterocycles. The van der Waals surface area contributed by atoms with Gasteiger partial charge in [-0.15, -0.1) is 0 Å². The summed E-state index contributed by atoms with van der Waals surface area (Å²) < 4.78 is 0. The molecular weight excluding hydrogens is 347 g/mol. The quantitative estimate of drug-likeness (QED) is 0.353. The van der Waals surface area contributed by atoms with Crippen LogP contribution in [-0.4, -0.2) is 31.3 Å². The van der Waals surface area contributed by atoms with Crippen LogP contribution in [0.4, 0.5) is 0 Å². The van der Waals surface area contributed by atoms with Crippen molar-refractivity contribution in [2.24, 2.45) is 0 Å². The Morgan fingerprint density at radius 1 is 0.957 bits per heavy atom. The maximum Gasteiger partial charge on any atom is 2.00 e. The molecule has 0 atom stereocenters. The molecule has 0 aliphatic carbocycles. The van der Waals surface area contributed by atoms with Crippen LogP contribution in [-0.2, 0) is 28.0 Å². The Balaban J connectivity index is 0. The minimum Gasteiger partial charge on any atom is -0.543 e. The molecule has 3 aromatic heterocycles. The molecule has 0 spiro atoms. The van der Waals surface area contributed by atoms with E-state index in [4.69, 9.17) is 0 Å². The molecule has 23 heavy (non-hydrogen) atoms. The van der Waals surface area contributed by atoms with Crippen LogP contribution in [0.15, 0.2) is 48.8 Å². The average Bonchev–Trinajstić information content (AvgIpc) is 3.04. The summed E-state index contributed by atoms with van der Waals surface area (Å²) in [4.78, 5) is 18.1. The van der Waals surface area contributed by atoms with Gasteiger partial charge in [0, 0.05) is 12.4 Å². The topological polar surface area (TPSA) is 185 Å². The third-order valence-corrected chi connectivity index (χ3v) is 2.09. The van der Waals surface area contributed by atoms with E-state index >= 15 is 0 Å². The zero-order valence-corrected chi connectivity index (χ0v) is 12.8. The molecule has 0 unspecified atom stereocenters. The third-order valence-electron chi connectivity index (χ3n) is 2.09. The summed E-state index contributed by atoms with van der Waals surface area (Å²) in [5, 5.41) is 21.5. The van der Waals surface area contributed by atoms with Crippen molar-refractivity contribution in [3.8, 4) is 11.4 Å². The van der Waals surface area contributed by atoms with E-state index in [-0.39, 0.29) is 28.0 Å². The number of rotatable bonds is 2. The van der Waals surface area contributed by atoms with Gasteiger partial charge in [0.25, 0.3) is 0 Å². The van der Waals surface area contributed by atoms with Crippen molar-refractivity contribution in [3.05, 3.63) is 54.6 Å². The number of carboxylic acids is 1. The van der Waals surface area contributed by atoms with Gasteiger partial charge in [0.2, 0.25) is 0 Å². The Morgan fingerprint density at radius 3 is 1.74 bits per heavy atom. The maximum atomic E-state index is 9.75. The summed E-state index contributed by atoms with van der Waals surface area (Å²) in [5.41, 5.74) is 1.83. The van der Waals surface area contributed by atoms with Crippen molar-refractivity contribution in [2.45, 2.75) is 0 Å². The third kappa shape index (κ3) is 7.20. The van der Waals surface area contributed by atoms with Crippen LogP contribution in [0.2, 0.25) is 0 Å². The smallest absolute Gasteiger partial charge is 0.543 e. The molecule has 0 saturated heterocycles. The molecule has 0 amide bonds. The fourth-order valence-corrected chi connectivity index (χ4v) is 1.25. The fourth-order valence-electron chi connectivity index (χ4n) is 1.25. The summed E-state index contributed by atoms with van der Waals surface area (Å²) in [7, 11) is 0. The SMILES string of the molecule is O=C([O-])c1nn[n-]n1.[Mn+2].[OH3+].[OH3+].c1ccc(-c2ccccn2)nc1. The standard InChI is InChI=1S/C10H8N2.C2H2N4O2.Mn.2H2O/c1-3-7-11-9(5-1)10-6-2-4-8-12-10;7-2(8)1-3-5-6-4-1;;;/h1-8H;(H2,3,4,5,6,7,8);;2*1H2/q;;+2;;.